The highest BCUT2D eigenvalue weighted by molar-refractivity contribution is 9.10. The van der Waals surface area contributed by atoms with Gasteiger partial charge in [0.05, 0.1) is 5.69 Å². The number of hydrogen-bond acceptors (Lipinski definition) is 7. The summed E-state index contributed by atoms with van der Waals surface area (Å²) in [7, 11) is 0. The number of benzene rings is 1. The van der Waals surface area contributed by atoms with Gasteiger partial charge >= 0.3 is 0 Å². The molecule has 0 saturated carbocycles. The Kier molecular flexibility index (Phi) is 3.47. The number of anilines is 2. The summed E-state index contributed by atoms with van der Waals surface area (Å²) < 4.78 is 2.65. The first-order valence-corrected chi connectivity index (χ1v) is 9.36. The number of hydrogen-bond donors (Lipinski definition) is 2. The number of aromatic amines is 1. The minimum Gasteiger partial charge on any atom is -0.318 e. The second-order valence-electron chi connectivity index (χ2n) is 5.69. The van der Waals surface area contributed by atoms with Gasteiger partial charge in [-0.05, 0) is 34.0 Å². The maximum atomic E-state index is 12.5. The molecule has 1 aliphatic rings. The molecule has 0 bridgehead atoms. The molecule has 0 saturated heterocycles. The van der Waals surface area contributed by atoms with Crippen molar-refractivity contribution in [2.75, 3.05) is 5.32 Å². The molecule has 0 radical (unpaired) electrons. The third-order valence-electron chi connectivity index (χ3n) is 4.20. The van der Waals surface area contributed by atoms with E-state index in [1.165, 1.54) is 0 Å². The highest BCUT2D eigenvalue weighted by Crippen LogP contribution is 2.42. The van der Waals surface area contributed by atoms with Crippen molar-refractivity contribution in [1.82, 2.24) is 30.4 Å². The zero-order valence-corrected chi connectivity index (χ0v) is 15.5. The quantitative estimate of drug-likeness (QED) is 0.449. The van der Waals surface area contributed by atoms with Crippen LogP contribution in [0.4, 0.5) is 11.6 Å². The van der Waals surface area contributed by atoms with E-state index in [-0.39, 0.29) is 11.6 Å². The molecule has 3 aromatic heterocycles. The number of fused-ring (bicyclic) bond motifs is 2. The topological polar surface area (TPSA) is 101 Å². The third kappa shape index (κ3) is 2.30. The number of thiophene rings is 1. The molecule has 0 aliphatic carbocycles. The van der Waals surface area contributed by atoms with Gasteiger partial charge in [0, 0.05) is 20.5 Å². The lowest BCUT2D eigenvalue weighted by atomic mass is 9.96. The fourth-order valence-corrected chi connectivity index (χ4v) is 4.16. The lowest BCUT2D eigenvalue weighted by molar-refractivity contribution is 0.574. The van der Waals surface area contributed by atoms with Crippen LogP contribution in [0.3, 0.4) is 0 Å². The first-order chi connectivity index (χ1) is 12.7. The molecule has 1 aromatic carbocycles. The van der Waals surface area contributed by atoms with Crippen LogP contribution >= 0.6 is 27.3 Å². The number of aromatic nitrogens is 6. The summed E-state index contributed by atoms with van der Waals surface area (Å²) in [5, 5.41) is 23.8. The molecule has 10 heteroatoms. The van der Waals surface area contributed by atoms with Gasteiger partial charge in [0.2, 0.25) is 5.95 Å². The van der Waals surface area contributed by atoms with Gasteiger partial charge in [-0.1, -0.05) is 39.2 Å². The summed E-state index contributed by atoms with van der Waals surface area (Å²) in [5.74, 6) is 0.425. The Morgan fingerprint density at radius 3 is 2.81 bits per heavy atom. The molecule has 26 heavy (non-hydrogen) atoms. The van der Waals surface area contributed by atoms with Gasteiger partial charge in [0.25, 0.3) is 5.56 Å². The van der Waals surface area contributed by atoms with Crippen molar-refractivity contribution in [2.24, 2.45) is 0 Å². The Hall–Kier alpha value is -2.85. The SMILES string of the molecule is O=c1[nH]nc(-c2ccc(Br)cc2)c2c1Nc1nnnn1[C@H]2c1cccs1. The lowest BCUT2D eigenvalue weighted by Gasteiger charge is -2.26. The molecular weight excluding hydrogens is 418 g/mol. The van der Waals surface area contributed by atoms with E-state index in [2.05, 4.69) is 47.0 Å². The summed E-state index contributed by atoms with van der Waals surface area (Å²) in [6.45, 7) is 0. The maximum absolute atomic E-state index is 12.5. The van der Waals surface area contributed by atoms with Crippen LogP contribution in [0.5, 0.6) is 0 Å². The first-order valence-electron chi connectivity index (χ1n) is 7.69. The van der Waals surface area contributed by atoms with E-state index >= 15 is 0 Å². The molecule has 1 atom stereocenters. The molecular formula is C16H10BrN7OS. The van der Waals surface area contributed by atoms with Gasteiger partial charge in [-0.15, -0.1) is 11.3 Å². The predicted molar refractivity (Wildman–Crippen MR) is 101 cm³/mol. The molecule has 0 unspecified atom stereocenters. The number of nitrogens with zero attached hydrogens (tertiary/aromatic N) is 5. The Balaban J connectivity index is 1.82. The number of H-pyrrole nitrogens is 1. The summed E-state index contributed by atoms with van der Waals surface area (Å²) in [6, 6.07) is 11.4. The molecule has 1 aliphatic heterocycles. The van der Waals surface area contributed by atoms with Crippen LogP contribution in [0.1, 0.15) is 16.5 Å². The molecule has 0 spiro atoms. The Labute approximate surface area is 159 Å². The monoisotopic (exact) mass is 427 g/mol. The fourth-order valence-electron chi connectivity index (χ4n) is 3.08. The van der Waals surface area contributed by atoms with E-state index in [4.69, 9.17) is 0 Å². The Morgan fingerprint density at radius 1 is 1.19 bits per heavy atom. The largest absolute Gasteiger partial charge is 0.318 e. The fraction of sp³-hybridized carbons (Fsp3) is 0.0625. The van der Waals surface area contributed by atoms with Gasteiger partial charge in [-0.3, -0.25) is 4.79 Å². The normalized spacial score (nSPS) is 15.2. The van der Waals surface area contributed by atoms with Crippen molar-refractivity contribution in [3.05, 3.63) is 67.0 Å². The Morgan fingerprint density at radius 2 is 2.04 bits per heavy atom. The van der Waals surface area contributed by atoms with Gasteiger partial charge < -0.3 is 5.32 Å². The van der Waals surface area contributed by atoms with E-state index < -0.39 is 0 Å². The second kappa shape index (κ2) is 5.85. The van der Waals surface area contributed by atoms with Gasteiger partial charge in [-0.2, -0.15) is 9.78 Å². The van der Waals surface area contributed by atoms with E-state index in [0.717, 1.165) is 20.5 Å². The zero-order valence-electron chi connectivity index (χ0n) is 13.0. The Bertz CT molecular complexity index is 1150. The summed E-state index contributed by atoms with van der Waals surface area (Å²) in [6.07, 6.45) is 0. The molecule has 0 amide bonds. The average molecular weight is 428 g/mol. The minimum absolute atomic E-state index is 0.309. The molecule has 8 nitrogen and oxygen atoms in total. The van der Waals surface area contributed by atoms with Crippen molar-refractivity contribution >= 4 is 38.9 Å². The lowest BCUT2D eigenvalue weighted by Crippen LogP contribution is -2.28. The van der Waals surface area contributed by atoms with Crippen LogP contribution in [-0.2, 0) is 0 Å². The van der Waals surface area contributed by atoms with Gasteiger partial charge in [-0.25, -0.2) is 5.10 Å². The van der Waals surface area contributed by atoms with E-state index in [1.54, 1.807) is 16.0 Å². The second-order valence-corrected chi connectivity index (χ2v) is 7.58. The van der Waals surface area contributed by atoms with Crippen molar-refractivity contribution in [3.8, 4) is 11.3 Å². The molecule has 4 aromatic rings. The molecule has 4 heterocycles. The number of nitrogens with one attached hydrogen (secondary N) is 2. The van der Waals surface area contributed by atoms with Crippen molar-refractivity contribution in [1.29, 1.82) is 0 Å². The summed E-state index contributed by atoms with van der Waals surface area (Å²) in [5.41, 5.74) is 2.42. The highest BCUT2D eigenvalue weighted by atomic mass is 79.9. The molecule has 128 valence electrons. The van der Waals surface area contributed by atoms with Crippen molar-refractivity contribution < 1.29 is 0 Å². The molecule has 5 rings (SSSR count). The molecule has 2 N–H and O–H groups in total. The first kappa shape index (κ1) is 15.4. The van der Waals surface area contributed by atoms with Gasteiger partial charge in [0.15, 0.2) is 0 Å². The van der Waals surface area contributed by atoms with E-state index in [0.29, 0.717) is 17.3 Å². The minimum atomic E-state index is -0.329. The summed E-state index contributed by atoms with van der Waals surface area (Å²) in [4.78, 5) is 13.5. The third-order valence-corrected chi connectivity index (χ3v) is 5.65. The van der Waals surface area contributed by atoms with Crippen LogP contribution in [-0.4, -0.2) is 30.4 Å². The summed E-state index contributed by atoms with van der Waals surface area (Å²) >= 11 is 5.03. The predicted octanol–water partition coefficient (Wildman–Crippen LogP) is 2.94. The van der Waals surface area contributed by atoms with E-state index in [1.807, 2.05) is 41.8 Å². The maximum Gasteiger partial charge on any atom is 0.288 e. The van der Waals surface area contributed by atoms with Crippen LogP contribution in [0.15, 0.2) is 51.0 Å². The van der Waals surface area contributed by atoms with Crippen molar-refractivity contribution in [3.63, 3.8) is 0 Å². The van der Waals surface area contributed by atoms with Crippen LogP contribution in [0.2, 0.25) is 0 Å². The molecule has 0 fully saturated rings. The highest BCUT2D eigenvalue weighted by Gasteiger charge is 2.34. The van der Waals surface area contributed by atoms with Gasteiger partial charge in [0.1, 0.15) is 11.7 Å². The van der Waals surface area contributed by atoms with E-state index in [9.17, 15) is 4.79 Å². The standard InChI is InChI=1S/C16H10BrN7OS/c17-9-5-3-8(4-6-9)12-11-13(15(25)20-19-12)18-16-21-22-23-24(16)14(11)10-2-1-7-26-10/h1-7,14H,(H,20,25)(H,18,21,23)/t14-/m0/s1. The average Bonchev–Trinajstić information content (AvgIpc) is 3.33. The van der Waals surface area contributed by atoms with Crippen molar-refractivity contribution in [2.45, 2.75) is 6.04 Å². The van der Waals surface area contributed by atoms with Crippen LogP contribution in [0, 0.1) is 0 Å². The zero-order chi connectivity index (χ0) is 17.7. The number of rotatable bonds is 2. The van der Waals surface area contributed by atoms with Crippen LogP contribution < -0.4 is 10.9 Å². The number of halogens is 1. The smallest absolute Gasteiger partial charge is 0.288 e. The number of tetrazole rings is 1. The van der Waals surface area contributed by atoms with Crippen LogP contribution in [0.25, 0.3) is 11.3 Å².